The molecule has 0 saturated heterocycles. The zero-order valence-electron chi connectivity index (χ0n) is 16.1. The van der Waals surface area contributed by atoms with Crippen molar-refractivity contribution >= 4 is 15.7 Å². The smallest absolute Gasteiger partial charge is 0.251 e. The minimum atomic E-state index is -3.89. The fourth-order valence-corrected chi connectivity index (χ4v) is 4.58. The highest BCUT2D eigenvalue weighted by Crippen LogP contribution is 2.28. The van der Waals surface area contributed by atoms with Crippen molar-refractivity contribution in [3.05, 3.63) is 95.1 Å². The Kier molecular flexibility index (Phi) is 6.08. The van der Waals surface area contributed by atoms with Crippen LogP contribution < -0.4 is 5.32 Å². The fourth-order valence-electron chi connectivity index (χ4n) is 2.93. The second kappa shape index (κ2) is 8.53. The zero-order valence-corrected chi connectivity index (χ0v) is 16.9. The van der Waals surface area contributed by atoms with Crippen LogP contribution in [0.4, 0.5) is 4.39 Å². The minimum absolute atomic E-state index is 0.0202. The summed E-state index contributed by atoms with van der Waals surface area (Å²) < 4.78 is 39.6. The predicted molar refractivity (Wildman–Crippen MR) is 109 cm³/mol. The van der Waals surface area contributed by atoms with Crippen LogP contribution >= 0.6 is 0 Å². The summed E-state index contributed by atoms with van der Waals surface area (Å²) in [5, 5.41) is 1.65. The SMILES string of the molecule is Cc1ccc(C(=O)NC[C@H](c2cccnc2)S(=O)(=O)c2ccc(F)cc2)cc1C. The lowest BCUT2D eigenvalue weighted by atomic mass is 10.1. The van der Waals surface area contributed by atoms with Gasteiger partial charge in [0.2, 0.25) is 0 Å². The number of aromatic nitrogens is 1. The summed E-state index contributed by atoms with van der Waals surface area (Å²) in [6.45, 7) is 3.71. The van der Waals surface area contributed by atoms with E-state index in [-0.39, 0.29) is 17.3 Å². The molecule has 0 saturated carbocycles. The Morgan fingerprint density at radius 1 is 1.07 bits per heavy atom. The fraction of sp³-hybridized carbons (Fsp3) is 0.182. The number of rotatable bonds is 6. The van der Waals surface area contributed by atoms with E-state index in [1.165, 1.54) is 18.3 Å². The number of halogens is 1. The lowest BCUT2D eigenvalue weighted by Gasteiger charge is -2.19. The number of sulfone groups is 1. The number of nitrogens with zero attached hydrogens (tertiary/aromatic N) is 1. The van der Waals surface area contributed by atoms with Crippen molar-refractivity contribution < 1.29 is 17.6 Å². The van der Waals surface area contributed by atoms with Gasteiger partial charge in [0.25, 0.3) is 5.91 Å². The van der Waals surface area contributed by atoms with Crippen LogP contribution in [0.2, 0.25) is 0 Å². The number of carbonyl (C=O) groups is 1. The van der Waals surface area contributed by atoms with Gasteiger partial charge in [-0.15, -0.1) is 0 Å². The quantitative estimate of drug-likeness (QED) is 0.625. The molecule has 0 spiro atoms. The second-order valence-corrected chi connectivity index (χ2v) is 8.91. The first kappa shape index (κ1) is 20.7. The van der Waals surface area contributed by atoms with Crippen LogP contribution in [0.3, 0.4) is 0 Å². The van der Waals surface area contributed by atoms with Gasteiger partial charge in [0.15, 0.2) is 9.84 Å². The molecule has 0 aliphatic heterocycles. The van der Waals surface area contributed by atoms with Crippen molar-refractivity contribution in [3.8, 4) is 0 Å². The van der Waals surface area contributed by atoms with Crippen LogP contribution in [0, 0.1) is 19.7 Å². The van der Waals surface area contributed by atoms with Crippen molar-refractivity contribution in [3.63, 3.8) is 0 Å². The van der Waals surface area contributed by atoms with E-state index in [0.717, 1.165) is 23.3 Å². The molecule has 29 heavy (non-hydrogen) atoms. The van der Waals surface area contributed by atoms with Gasteiger partial charge in [-0.25, -0.2) is 12.8 Å². The molecule has 0 radical (unpaired) electrons. The molecule has 7 heteroatoms. The lowest BCUT2D eigenvalue weighted by molar-refractivity contribution is 0.0953. The molecular weight excluding hydrogens is 391 g/mol. The van der Waals surface area contributed by atoms with Crippen LogP contribution in [0.5, 0.6) is 0 Å². The first-order valence-corrected chi connectivity index (χ1v) is 10.6. The van der Waals surface area contributed by atoms with E-state index in [4.69, 9.17) is 0 Å². The van der Waals surface area contributed by atoms with Gasteiger partial charge in [-0.1, -0.05) is 12.1 Å². The van der Waals surface area contributed by atoms with Crippen molar-refractivity contribution in [2.24, 2.45) is 0 Å². The molecule has 1 amide bonds. The third-order valence-corrected chi connectivity index (χ3v) is 6.91. The molecular formula is C22H21FN2O3S. The van der Waals surface area contributed by atoms with Crippen molar-refractivity contribution in [2.45, 2.75) is 24.0 Å². The Balaban J connectivity index is 1.89. The van der Waals surface area contributed by atoms with E-state index in [2.05, 4.69) is 10.3 Å². The van der Waals surface area contributed by atoms with E-state index >= 15 is 0 Å². The van der Waals surface area contributed by atoms with Crippen LogP contribution in [0.1, 0.15) is 32.3 Å². The number of hydrogen-bond acceptors (Lipinski definition) is 4. The number of hydrogen-bond donors (Lipinski definition) is 1. The second-order valence-electron chi connectivity index (χ2n) is 6.78. The van der Waals surface area contributed by atoms with Crippen LogP contribution in [-0.2, 0) is 9.84 Å². The maximum Gasteiger partial charge on any atom is 0.251 e. The van der Waals surface area contributed by atoms with Crippen LogP contribution in [0.25, 0.3) is 0 Å². The van der Waals surface area contributed by atoms with Gasteiger partial charge in [-0.05, 0) is 73.0 Å². The Bertz CT molecular complexity index is 1110. The largest absolute Gasteiger partial charge is 0.350 e. The Labute approximate surface area is 169 Å². The van der Waals surface area contributed by atoms with Gasteiger partial charge >= 0.3 is 0 Å². The Hall–Kier alpha value is -3.06. The monoisotopic (exact) mass is 412 g/mol. The van der Waals surface area contributed by atoms with Gasteiger partial charge in [0.05, 0.1) is 4.90 Å². The molecule has 5 nitrogen and oxygen atoms in total. The first-order chi connectivity index (χ1) is 13.8. The highest BCUT2D eigenvalue weighted by Gasteiger charge is 2.30. The Morgan fingerprint density at radius 3 is 2.41 bits per heavy atom. The third kappa shape index (κ3) is 4.68. The predicted octanol–water partition coefficient (Wildman–Crippen LogP) is 3.78. The molecule has 1 atom stereocenters. The summed E-state index contributed by atoms with van der Waals surface area (Å²) in [7, 11) is -3.89. The molecule has 0 aliphatic rings. The van der Waals surface area contributed by atoms with Gasteiger partial charge < -0.3 is 5.32 Å². The average Bonchev–Trinajstić information content (AvgIpc) is 2.71. The number of nitrogens with one attached hydrogen (secondary N) is 1. The number of pyridine rings is 1. The van der Waals surface area contributed by atoms with E-state index in [1.54, 1.807) is 30.5 Å². The molecule has 0 bridgehead atoms. The van der Waals surface area contributed by atoms with Gasteiger partial charge in [0, 0.05) is 24.5 Å². The summed E-state index contributed by atoms with van der Waals surface area (Å²) in [4.78, 5) is 16.6. The summed E-state index contributed by atoms with van der Waals surface area (Å²) in [5.41, 5.74) is 2.93. The first-order valence-electron chi connectivity index (χ1n) is 9.04. The topological polar surface area (TPSA) is 76.1 Å². The van der Waals surface area contributed by atoms with Crippen LogP contribution in [0.15, 0.2) is 71.9 Å². The maximum absolute atomic E-state index is 13.2. The molecule has 2 aromatic carbocycles. The van der Waals surface area contributed by atoms with Gasteiger partial charge in [0.1, 0.15) is 11.1 Å². The molecule has 1 N–H and O–H groups in total. The highest BCUT2D eigenvalue weighted by atomic mass is 32.2. The molecule has 3 rings (SSSR count). The number of aryl methyl sites for hydroxylation is 2. The standard InChI is InChI=1S/C22H21FN2O3S/c1-15-5-6-17(12-16(15)2)22(26)25-14-21(18-4-3-11-24-13-18)29(27,28)20-9-7-19(23)8-10-20/h3-13,21H,14H2,1-2H3,(H,25,26)/t21-/m1/s1. The average molecular weight is 412 g/mol. The number of benzene rings is 2. The summed E-state index contributed by atoms with van der Waals surface area (Å²) >= 11 is 0. The van der Waals surface area contributed by atoms with Crippen molar-refractivity contribution in [1.29, 1.82) is 0 Å². The molecule has 3 aromatic rings. The van der Waals surface area contributed by atoms with E-state index in [9.17, 15) is 17.6 Å². The molecule has 0 fully saturated rings. The molecule has 0 unspecified atom stereocenters. The Morgan fingerprint density at radius 2 is 1.79 bits per heavy atom. The van der Waals surface area contributed by atoms with Crippen molar-refractivity contribution in [2.75, 3.05) is 6.54 Å². The molecule has 1 heterocycles. The van der Waals surface area contributed by atoms with Crippen LogP contribution in [-0.4, -0.2) is 25.9 Å². The summed E-state index contributed by atoms with van der Waals surface area (Å²) in [6, 6.07) is 13.2. The lowest BCUT2D eigenvalue weighted by Crippen LogP contribution is -2.32. The van der Waals surface area contributed by atoms with E-state index in [1.807, 2.05) is 19.9 Å². The maximum atomic E-state index is 13.2. The summed E-state index contributed by atoms with van der Waals surface area (Å²) in [6.07, 6.45) is 2.99. The highest BCUT2D eigenvalue weighted by molar-refractivity contribution is 7.91. The molecule has 150 valence electrons. The minimum Gasteiger partial charge on any atom is -0.350 e. The zero-order chi connectivity index (χ0) is 21.0. The number of amides is 1. The van der Waals surface area contributed by atoms with E-state index < -0.39 is 20.9 Å². The third-order valence-electron chi connectivity index (χ3n) is 4.79. The number of carbonyl (C=O) groups excluding carboxylic acids is 1. The van der Waals surface area contributed by atoms with E-state index in [0.29, 0.717) is 11.1 Å². The molecule has 1 aromatic heterocycles. The molecule has 0 aliphatic carbocycles. The summed E-state index contributed by atoms with van der Waals surface area (Å²) in [5.74, 6) is -0.888. The van der Waals surface area contributed by atoms with Gasteiger partial charge in [-0.2, -0.15) is 0 Å². The van der Waals surface area contributed by atoms with Gasteiger partial charge in [-0.3, -0.25) is 9.78 Å². The normalized spacial score (nSPS) is 12.4. The van der Waals surface area contributed by atoms with Crippen molar-refractivity contribution in [1.82, 2.24) is 10.3 Å².